The van der Waals surface area contributed by atoms with E-state index in [0.29, 0.717) is 17.4 Å². The van der Waals surface area contributed by atoms with Crippen molar-refractivity contribution in [3.05, 3.63) is 28.7 Å². The second-order valence-electron chi connectivity index (χ2n) is 4.81. The van der Waals surface area contributed by atoms with Crippen molar-refractivity contribution in [1.29, 1.82) is 0 Å². The van der Waals surface area contributed by atoms with Crippen LogP contribution in [0.25, 0.3) is 0 Å². The molecule has 5 heteroatoms. The van der Waals surface area contributed by atoms with E-state index in [1.54, 1.807) is 18.2 Å². The second kappa shape index (κ2) is 6.17. The minimum absolute atomic E-state index is 0.327. The molecule has 1 aromatic carbocycles. The molecule has 0 heterocycles. The van der Waals surface area contributed by atoms with Gasteiger partial charge in [-0.05, 0) is 37.0 Å². The molecule has 0 aliphatic heterocycles. The molecular weight excluding hydrogens is 314 g/mol. The van der Waals surface area contributed by atoms with Gasteiger partial charge in [0.15, 0.2) is 0 Å². The molecule has 18 heavy (non-hydrogen) atoms. The van der Waals surface area contributed by atoms with Crippen LogP contribution in [0.3, 0.4) is 0 Å². The largest absolute Gasteiger partial charge is 0.240 e. The van der Waals surface area contributed by atoms with E-state index in [9.17, 15) is 8.42 Å². The van der Waals surface area contributed by atoms with Crippen molar-refractivity contribution >= 4 is 26.0 Å². The molecule has 3 nitrogen and oxygen atoms in total. The lowest BCUT2D eigenvalue weighted by Crippen LogP contribution is -2.30. The highest BCUT2D eigenvalue weighted by molar-refractivity contribution is 9.10. The molecule has 0 radical (unpaired) electrons. The maximum Gasteiger partial charge on any atom is 0.240 e. The zero-order valence-corrected chi connectivity index (χ0v) is 12.6. The van der Waals surface area contributed by atoms with Gasteiger partial charge in [0.1, 0.15) is 0 Å². The third-order valence-corrected chi connectivity index (χ3v) is 5.31. The number of rotatable bonds is 4. The van der Waals surface area contributed by atoms with Crippen LogP contribution in [0.2, 0.25) is 0 Å². The van der Waals surface area contributed by atoms with Crippen LogP contribution in [-0.2, 0) is 10.0 Å². The summed E-state index contributed by atoms with van der Waals surface area (Å²) in [7, 11) is -3.36. The minimum atomic E-state index is -3.36. The second-order valence-corrected chi connectivity index (χ2v) is 7.50. The van der Waals surface area contributed by atoms with E-state index in [1.165, 1.54) is 19.3 Å². The van der Waals surface area contributed by atoms with Crippen LogP contribution >= 0.6 is 15.9 Å². The van der Waals surface area contributed by atoms with Crippen molar-refractivity contribution in [2.45, 2.75) is 37.0 Å². The van der Waals surface area contributed by atoms with Gasteiger partial charge < -0.3 is 0 Å². The molecule has 1 saturated carbocycles. The standard InChI is InChI=1S/C13H18BrNO2S/c14-12-7-4-8-13(9-12)18(16,17)15-10-11-5-2-1-3-6-11/h4,7-9,11,15H,1-3,5-6,10H2. The number of nitrogens with one attached hydrogen (secondary N) is 1. The van der Waals surface area contributed by atoms with Crippen molar-refractivity contribution in [2.24, 2.45) is 5.92 Å². The topological polar surface area (TPSA) is 46.2 Å². The van der Waals surface area contributed by atoms with Gasteiger partial charge in [0.2, 0.25) is 10.0 Å². The molecule has 2 rings (SSSR count). The molecule has 1 aliphatic carbocycles. The lowest BCUT2D eigenvalue weighted by molar-refractivity contribution is 0.357. The zero-order valence-electron chi connectivity index (χ0n) is 10.2. The van der Waals surface area contributed by atoms with Crippen LogP contribution in [0.5, 0.6) is 0 Å². The summed E-state index contributed by atoms with van der Waals surface area (Å²) in [6.45, 7) is 0.564. The Labute approximate surface area is 117 Å². The van der Waals surface area contributed by atoms with Crippen LogP contribution in [0.1, 0.15) is 32.1 Å². The molecule has 0 saturated heterocycles. The van der Waals surface area contributed by atoms with E-state index in [1.807, 2.05) is 6.07 Å². The van der Waals surface area contributed by atoms with Crippen LogP contribution in [0.4, 0.5) is 0 Å². The van der Waals surface area contributed by atoms with Crippen molar-refractivity contribution in [3.8, 4) is 0 Å². The maximum absolute atomic E-state index is 12.1. The molecule has 0 amide bonds. The third-order valence-electron chi connectivity index (χ3n) is 3.39. The Balaban J connectivity index is 1.98. The average molecular weight is 332 g/mol. The van der Waals surface area contributed by atoms with Gasteiger partial charge in [-0.2, -0.15) is 0 Å². The molecule has 0 aromatic heterocycles. The average Bonchev–Trinajstić information content (AvgIpc) is 2.38. The highest BCUT2D eigenvalue weighted by atomic mass is 79.9. The number of benzene rings is 1. The highest BCUT2D eigenvalue weighted by Crippen LogP contribution is 2.23. The fourth-order valence-corrected chi connectivity index (χ4v) is 4.05. The Bertz CT molecular complexity index is 495. The molecule has 1 fully saturated rings. The van der Waals surface area contributed by atoms with E-state index in [-0.39, 0.29) is 0 Å². The normalized spacial score (nSPS) is 17.8. The first kappa shape index (κ1) is 14.0. The molecule has 0 bridgehead atoms. The monoisotopic (exact) mass is 331 g/mol. The molecule has 0 atom stereocenters. The summed E-state index contributed by atoms with van der Waals surface area (Å²) in [4.78, 5) is 0.327. The first-order valence-corrected chi connectivity index (χ1v) is 8.61. The lowest BCUT2D eigenvalue weighted by atomic mass is 9.90. The van der Waals surface area contributed by atoms with Crippen LogP contribution < -0.4 is 4.72 Å². The van der Waals surface area contributed by atoms with Crippen LogP contribution in [-0.4, -0.2) is 15.0 Å². The quantitative estimate of drug-likeness (QED) is 0.919. The van der Waals surface area contributed by atoms with E-state index < -0.39 is 10.0 Å². The Kier molecular flexibility index (Phi) is 4.81. The molecule has 100 valence electrons. The van der Waals surface area contributed by atoms with E-state index in [4.69, 9.17) is 0 Å². The minimum Gasteiger partial charge on any atom is -0.211 e. The summed E-state index contributed by atoms with van der Waals surface area (Å²) in [5.74, 6) is 0.501. The van der Waals surface area contributed by atoms with Gasteiger partial charge in [-0.3, -0.25) is 0 Å². The van der Waals surface area contributed by atoms with Crippen molar-refractivity contribution in [2.75, 3.05) is 6.54 Å². The fraction of sp³-hybridized carbons (Fsp3) is 0.538. The van der Waals surface area contributed by atoms with Gasteiger partial charge in [-0.1, -0.05) is 41.3 Å². The van der Waals surface area contributed by atoms with Crippen molar-refractivity contribution < 1.29 is 8.42 Å². The first-order valence-electron chi connectivity index (χ1n) is 6.33. The predicted molar refractivity (Wildman–Crippen MR) is 75.9 cm³/mol. The highest BCUT2D eigenvalue weighted by Gasteiger charge is 2.18. The summed E-state index contributed by atoms with van der Waals surface area (Å²) < 4.78 is 27.7. The SMILES string of the molecule is O=S(=O)(NCC1CCCCC1)c1cccc(Br)c1. The summed E-state index contributed by atoms with van der Waals surface area (Å²) in [5, 5.41) is 0. The zero-order chi connectivity index (χ0) is 13.0. The van der Waals surface area contributed by atoms with Gasteiger partial charge in [-0.15, -0.1) is 0 Å². The van der Waals surface area contributed by atoms with E-state index >= 15 is 0 Å². The molecule has 1 aromatic rings. The van der Waals surface area contributed by atoms with Crippen LogP contribution in [0.15, 0.2) is 33.6 Å². The smallest absolute Gasteiger partial charge is 0.211 e. The fourth-order valence-electron chi connectivity index (χ4n) is 2.34. The summed E-state index contributed by atoms with van der Waals surface area (Å²) in [6, 6.07) is 6.80. The number of hydrogen-bond acceptors (Lipinski definition) is 2. The van der Waals surface area contributed by atoms with E-state index in [0.717, 1.165) is 17.3 Å². The Morgan fingerprint density at radius 2 is 1.94 bits per heavy atom. The van der Waals surface area contributed by atoms with Gasteiger partial charge in [0.05, 0.1) is 4.90 Å². The number of hydrogen-bond donors (Lipinski definition) is 1. The molecule has 0 spiro atoms. The van der Waals surface area contributed by atoms with Gasteiger partial charge in [-0.25, -0.2) is 13.1 Å². The predicted octanol–water partition coefficient (Wildman–Crippen LogP) is 3.31. The first-order chi connectivity index (χ1) is 8.58. The molecule has 0 unspecified atom stereocenters. The number of halogens is 1. The molecule has 1 aliphatic rings. The van der Waals surface area contributed by atoms with Crippen molar-refractivity contribution in [3.63, 3.8) is 0 Å². The lowest BCUT2D eigenvalue weighted by Gasteiger charge is -2.21. The molecule has 1 N–H and O–H groups in total. The van der Waals surface area contributed by atoms with Crippen molar-refractivity contribution in [1.82, 2.24) is 4.72 Å². The Morgan fingerprint density at radius 1 is 1.22 bits per heavy atom. The molecular formula is C13H18BrNO2S. The summed E-state index contributed by atoms with van der Waals surface area (Å²) in [6.07, 6.45) is 6.02. The summed E-state index contributed by atoms with van der Waals surface area (Å²) >= 11 is 3.29. The Morgan fingerprint density at radius 3 is 2.61 bits per heavy atom. The maximum atomic E-state index is 12.1. The third kappa shape index (κ3) is 3.80. The van der Waals surface area contributed by atoms with E-state index in [2.05, 4.69) is 20.7 Å². The number of sulfonamides is 1. The van der Waals surface area contributed by atoms with Gasteiger partial charge in [0.25, 0.3) is 0 Å². The van der Waals surface area contributed by atoms with Gasteiger partial charge >= 0.3 is 0 Å². The van der Waals surface area contributed by atoms with Crippen LogP contribution in [0, 0.1) is 5.92 Å². The van der Waals surface area contributed by atoms with Gasteiger partial charge in [0, 0.05) is 11.0 Å². The Hall–Kier alpha value is -0.390. The summed E-state index contributed by atoms with van der Waals surface area (Å²) in [5.41, 5.74) is 0.